The lowest BCUT2D eigenvalue weighted by Crippen LogP contribution is -2.50. The Morgan fingerprint density at radius 2 is 1.11 bits per heavy atom. The molecule has 4 N–H and O–H groups in total. The molecule has 0 aromatic rings. The zero-order valence-corrected chi connectivity index (χ0v) is 10.1. The maximum atomic E-state index is 10.1. The van der Waals surface area contributed by atoms with E-state index in [0.717, 1.165) is 10.0 Å². The molecular weight excluding hydrogens is 248 g/mol. The van der Waals surface area contributed by atoms with Gasteiger partial charge < -0.3 is 20.4 Å². The largest absolute Gasteiger partial charge is 0.388 e. The molecule has 10 nitrogen and oxygen atoms in total. The van der Waals surface area contributed by atoms with Gasteiger partial charge in [-0.05, 0) is 0 Å². The number of hydrogen-bond donors (Lipinski definition) is 4. The van der Waals surface area contributed by atoms with Gasteiger partial charge in [-0.1, -0.05) is 0 Å². The van der Waals surface area contributed by atoms with Gasteiger partial charge in [-0.3, -0.25) is 10.0 Å². The lowest BCUT2D eigenvalue weighted by molar-refractivity contribution is -0.113. The number of nitrogens with zero attached hydrogens (tertiary/aromatic N) is 4. The van der Waals surface area contributed by atoms with Gasteiger partial charge in [0.1, 0.15) is 24.4 Å². The van der Waals surface area contributed by atoms with Gasteiger partial charge in [0, 0.05) is 14.1 Å². The molecule has 4 unspecified atom stereocenters. The van der Waals surface area contributed by atoms with Crippen LogP contribution in [0.2, 0.25) is 0 Å². The molecule has 0 saturated heterocycles. The summed E-state index contributed by atoms with van der Waals surface area (Å²) in [5.74, 6) is 0. The van der Waals surface area contributed by atoms with Crippen molar-refractivity contribution in [1.29, 1.82) is 0 Å². The number of likely N-dealkylation sites (N-methyl/N-ethyl adjacent to an activating group) is 2. The minimum Gasteiger partial charge on any atom is -0.388 e. The predicted molar refractivity (Wildman–Crippen MR) is 60.9 cm³/mol. The number of rotatable bonds is 9. The molecule has 0 fully saturated rings. The number of aliphatic hydroxyl groups excluding tert-OH is 4. The summed E-state index contributed by atoms with van der Waals surface area (Å²) >= 11 is 0. The minimum atomic E-state index is -1.69. The van der Waals surface area contributed by atoms with Crippen LogP contribution in [0.1, 0.15) is 0 Å². The van der Waals surface area contributed by atoms with Gasteiger partial charge in [0.25, 0.3) is 0 Å². The van der Waals surface area contributed by atoms with Crippen LogP contribution >= 0.6 is 0 Å². The fraction of sp³-hybridized carbons (Fsp3) is 1.00. The Hall–Kier alpha value is -1.36. The summed E-state index contributed by atoms with van der Waals surface area (Å²) in [6, 6.07) is 0. The monoisotopic (exact) mass is 266 g/mol. The quantitative estimate of drug-likeness (QED) is 0.268. The van der Waals surface area contributed by atoms with E-state index in [1.165, 1.54) is 14.1 Å². The zero-order valence-electron chi connectivity index (χ0n) is 10.1. The van der Waals surface area contributed by atoms with E-state index in [2.05, 4.69) is 10.6 Å². The first-order valence-corrected chi connectivity index (χ1v) is 5.14. The third kappa shape index (κ3) is 5.31. The van der Waals surface area contributed by atoms with E-state index in [1.807, 2.05) is 0 Å². The molecule has 4 atom stereocenters. The first-order valence-electron chi connectivity index (χ1n) is 5.14. The van der Waals surface area contributed by atoms with E-state index >= 15 is 0 Å². The van der Waals surface area contributed by atoms with E-state index in [9.17, 15) is 30.2 Å². The first-order chi connectivity index (χ1) is 8.33. The highest BCUT2D eigenvalue weighted by Gasteiger charge is 2.31. The van der Waals surface area contributed by atoms with Crippen LogP contribution < -0.4 is 0 Å². The van der Waals surface area contributed by atoms with Crippen LogP contribution in [0, 0.1) is 9.81 Å². The van der Waals surface area contributed by atoms with Crippen molar-refractivity contribution in [1.82, 2.24) is 10.0 Å². The van der Waals surface area contributed by atoms with Crippen molar-refractivity contribution >= 4 is 0 Å². The Bertz CT molecular complexity index is 242. The zero-order chi connectivity index (χ0) is 14.3. The molecule has 0 aromatic carbocycles. The minimum absolute atomic E-state index is 0.309. The molecule has 0 aliphatic heterocycles. The summed E-state index contributed by atoms with van der Waals surface area (Å²) in [6.07, 6.45) is -6.34. The average Bonchev–Trinajstić information content (AvgIpc) is 2.36. The van der Waals surface area contributed by atoms with E-state index < -0.39 is 24.4 Å². The smallest absolute Gasteiger partial charge is 0.110 e. The Balaban J connectivity index is 4.33. The lowest BCUT2D eigenvalue weighted by atomic mass is 10.0. The summed E-state index contributed by atoms with van der Waals surface area (Å²) in [4.78, 5) is 20.1. The highest BCUT2D eigenvalue weighted by Crippen LogP contribution is 2.07. The number of nitroso groups, excluding NO2 is 2. The Morgan fingerprint density at radius 1 is 0.833 bits per heavy atom. The molecule has 18 heavy (non-hydrogen) atoms. The van der Waals surface area contributed by atoms with Crippen molar-refractivity contribution in [3.63, 3.8) is 0 Å². The van der Waals surface area contributed by atoms with Crippen LogP contribution in [-0.4, -0.2) is 82.0 Å². The van der Waals surface area contributed by atoms with Crippen molar-refractivity contribution in [2.45, 2.75) is 24.4 Å². The number of aliphatic hydroxyl groups is 4. The van der Waals surface area contributed by atoms with Crippen LogP contribution in [0.4, 0.5) is 0 Å². The van der Waals surface area contributed by atoms with Gasteiger partial charge in [-0.15, -0.1) is 9.81 Å². The van der Waals surface area contributed by atoms with Gasteiger partial charge >= 0.3 is 0 Å². The first kappa shape index (κ1) is 16.6. The van der Waals surface area contributed by atoms with Gasteiger partial charge in [-0.25, -0.2) is 0 Å². The van der Waals surface area contributed by atoms with Crippen LogP contribution in [0.3, 0.4) is 0 Å². The van der Waals surface area contributed by atoms with Crippen LogP contribution in [0.25, 0.3) is 0 Å². The Morgan fingerprint density at radius 3 is 1.33 bits per heavy atom. The van der Waals surface area contributed by atoms with Crippen LogP contribution in [0.5, 0.6) is 0 Å². The SMILES string of the molecule is CN(CC(O)C(O)C(O)C(O)CN(C)N=O)N=O. The summed E-state index contributed by atoms with van der Waals surface area (Å²) in [5.41, 5.74) is 0. The second-order valence-electron chi connectivity index (χ2n) is 3.96. The van der Waals surface area contributed by atoms with E-state index in [-0.39, 0.29) is 13.1 Å². The second-order valence-corrected chi connectivity index (χ2v) is 3.96. The molecule has 0 spiro atoms. The fourth-order valence-electron chi connectivity index (χ4n) is 1.28. The van der Waals surface area contributed by atoms with Crippen LogP contribution in [0.15, 0.2) is 10.6 Å². The van der Waals surface area contributed by atoms with Crippen molar-refractivity contribution in [3.8, 4) is 0 Å². The summed E-state index contributed by atoms with van der Waals surface area (Å²) in [5, 5.41) is 44.6. The standard InChI is InChI=1S/C8H18N4O6/c1-11(9-17)3-5(13)7(15)8(16)6(14)4-12(2)10-18/h5-8,13-16H,3-4H2,1-2H3. The maximum Gasteiger partial charge on any atom is 0.110 e. The summed E-state index contributed by atoms with van der Waals surface area (Å²) < 4.78 is 0. The molecule has 0 saturated carbocycles. The molecular formula is C8H18N4O6. The molecule has 0 amide bonds. The summed E-state index contributed by atoms with van der Waals surface area (Å²) in [6.45, 7) is -0.619. The Kier molecular flexibility index (Phi) is 7.27. The van der Waals surface area contributed by atoms with Gasteiger partial charge in [-0.2, -0.15) is 0 Å². The molecule has 0 rings (SSSR count). The molecule has 0 aromatic heterocycles. The van der Waals surface area contributed by atoms with E-state index in [0.29, 0.717) is 0 Å². The maximum absolute atomic E-state index is 10.1. The fourth-order valence-corrected chi connectivity index (χ4v) is 1.28. The molecule has 106 valence electrons. The molecule has 0 heterocycles. The van der Waals surface area contributed by atoms with Crippen molar-refractivity contribution < 1.29 is 20.4 Å². The molecule has 10 heteroatoms. The van der Waals surface area contributed by atoms with Gasteiger partial charge in [0.05, 0.1) is 23.7 Å². The number of hydrogen-bond acceptors (Lipinski definition) is 8. The van der Waals surface area contributed by atoms with Crippen molar-refractivity contribution in [2.75, 3.05) is 27.2 Å². The van der Waals surface area contributed by atoms with Crippen molar-refractivity contribution in [2.24, 2.45) is 10.6 Å². The Labute approximate surface area is 103 Å². The van der Waals surface area contributed by atoms with Crippen LogP contribution in [-0.2, 0) is 0 Å². The van der Waals surface area contributed by atoms with Crippen molar-refractivity contribution in [3.05, 3.63) is 9.81 Å². The van der Waals surface area contributed by atoms with Gasteiger partial charge in [0.2, 0.25) is 0 Å². The van der Waals surface area contributed by atoms with E-state index in [4.69, 9.17) is 0 Å². The predicted octanol–water partition coefficient (Wildman–Crippen LogP) is -2.34. The highest BCUT2D eigenvalue weighted by atomic mass is 16.4. The molecule has 0 radical (unpaired) electrons. The highest BCUT2D eigenvalue weighted by molar-refractivity contribution is 4.82. The topological polar surface area (TPSA) is 146 Å². The molecule has 0 bridgehead atoms. The summed E-state index contributed by atoms with van der Waals surface area (Å²) in [7, 11) is 2.55. The second kappa shape index (κ2) is 7.87. The third-order valence-electron chi connectivity index (χ3n) is 2.32. The average molecular weight is 266 g/mol. The molecule has 0 aliphatic carbocycles. The lowest BCUT2D eigenvalue weighted by Gasteiger charge is -2.28. The third-order valence-corrected chi connectivity index (χ3v) is 2.32. The van der Waals surface area contributed by atoms with Gasteiger partial charge in [0.15, 0.2) is 0 Å². The molecule has 0 aliphatic rings. The van der Waals surface area contributed by atoms with E-state index in [1.54, 1.807) is 0 Å². The normalized spacial score (nSPS) is 17.4.